The van der Waals surface area contributed by atoms with E-state index in [1.54, 1.807) is 30.2 Å². The molecule has 0 unspecified atom stereocenters. The number of methoxy groups -OCH3 is 1. The average molecular weight is 414 g/mol. The van der Waals surface area contributed by atoms with Crippen LogP contribution >= 0.6 is 23.2 Å². The number of hydrogen-bond donors (Lipinski definition) is 0. The van der Waals surface area contributed by atoms with E-state index >= 15 is 0 Å². The van der Waals surface area contributed by atoms with Gasteiger partial charge in [0.05, 0.1) is 17.2 Å². The zero-order chi connectivity index (χ0) is 19.7. The molecule has 0 radical (unpaired) electrons. The molecule has 1 saturated heterocycles. The van der Waals surface area contributed by atoms with Gasteiger partial charge in [-0.15, -0.1) is 0 Å². The molecule has 6 heteroatoms. The van der Waals surface area contributed by atoms with E-state index in [4.69, 9.17) is 32.7 Å². The second-order valence-corrected chi connectivity index (χ2v) is 7.19. The summed E-state index contributed by atoms with van der Waals surface area (Å²) in [6, 6.07) is 21.9. The monoisotopic (exact) mass is 413 g/mol. The first kappa shape index (κ1) is 18.7. The van der Waals surface area contributed by atoms with Crippen LogP contribution in [0.15, 0.2) is 72.8 Å². The van der Waals surface area contributed by atoms with E-state index in [0.29, 0.717) is 15.8 Å². The lowest BCUT2D eigenvalue weighted by atomic mass is 9.89. The van der Waals surface area contributed by atoms with Gasteiger partial charge in [-0.3, -0.25) is 9.69 Å². The predicted octanol–water partition coefficient (Wildman–Crippen LogP) is 5.54. The van der Waals surface area contributed by atoms with Gasteiger partial charge < -0.3 is 9.47 Å². The minimum absolute atomic E-state index is 0.120. The average Bonchev–Trinajstić information content (AvgIpc) is 2.73. The molecule has 0 aromatic heterocycles. The minimum Gasteiger partial charge on any atom is -0.497 e. The van der Waals surface area contributed by atoms with Crippen molar-refractivity contribution in [1.82, 2.24) is 0 Å². The molecule has 1 amide bonds. The van der Waals surface area contributed by atoms with Crippen LogP contribution in [0.3, 0.4) is 0 Å². The molecule has 1 fully saturated rings. The van der Waals surface area contributed by atoms with Crippen LogP contribution in [0.2, 0.25) is 10.0 Å². The van der Waals surface area contributed by atoms with Gasteiger partial charge in [0.25, 0.3) is 5.91 Å². The summed E-state index contributed by atoms with van der Waals surface area (Å²) in [6.45, 7) is 0. The van der Waals surface area contributed by atoms with Crippen molar-refractivity contribution in [2.75, 3.05) is 12.0 Å². The maximum Gasteiger partial charge on any atom is 0.271 e. The Kier molecular flexibility index (Phi) is 5.16. The SMILES string of the molecule is COc1ccc(N2C(=O)[C@@H](Oc3ccc(Cl)c(Cl)c3)[C@H]2c2ccccc2)cc1. The number of nitrogens with zero attached hydrogens (tertiary/aromatic N) is 1. The van der Waals surface area contributed by atoms with Crippen LogP contribution in [0.4, 0.5) is 5.69 Å². The van der Waals surface area contributed by atoms with Gasteiger partial charge in [-0.25, -0.2) is 0 Å². The first-order valence-corrected chi connectivity index (χ1v) is 9.48. The van der Waals surface area contributed by atoms with E-state index in [1.165, 1.54) is 0 Å². The maximum atomic E-state index is 13.0. The van der Waals surface area contributed by atoms with Gasteiger partial charge in [0, 0.05) is 11.8 Å². The van der Waals surface area contributed by atoms with Crippen LogP contribution in [-0.2, 0) is 4.79 Å². The Labute approximate surface area is 173 Å². The molecular formula is C22H17Cl2NO3. The molecule has 0 bridgehead atoms. The van der Waals surface area contributed by atoms with Crippen LogP contribution in [0.25, 0.3) is 0 Å². The third-order valence-electron chi connectivity index (χ3n) is 4.69. The second kappa shape index (κ2) is 7.74. The zero-order valence-corrected chi connectivity index (χ0v) is 16.5. The highest BCUT2D eigenvalue weighted by molar-refractivity contribution is 6.42. The molecule has 3 aromatic rings. The van der Waals surface area contributed by atoms with Crippen molar-refractivity contribution in [3.8, 4) is 11.5 Å². The summed E-state index contributed by atoms with van der Waals surface area (Å²) < 4.78 is 11.2. The molecule has 0 saturated carbocycles. The van der Waals surface area contributed by atoms with E-state index in [0.717, 1.165) is 17.0 Å². The summed E-state index contributed by atoms with van der Waals surface area (Å²) in [5.74, 6) is 1.12. The first-order chi connectivity index (χ1) is 13.6. The Morgan fingerprint density at radius 3 is 2.18 bits per heavy atom. The smallest absolute Gasteiger partial charge is 0.271 e. The number of β-lactam (4-membered cyclic amide) rings is 1. The van der Waals surface area contributed by atoms with E-state index in [-0.39, 0.29) is 11.9 Å². The fourth-order valence-corrected chi connectivity index (χ4v) is 3.57. The number of rotatable bonds is 5. The summed E-state index contributed by atoms with van der Waals surface area (Å²) in [6.07, 6.45) is -0.651. The van der Waals surface area contributed by atoms with Crippen LogP contribution < -0.4 is 14.4 Å². The number of carbonyl (C=O) groups excluding carboxylic acids is 1. The zero-order valence-electron chi connectivity index (χ0n) is 15.0. The molecule has 1 aliphatic rings. The Morgan fingerprint density at radius 2 is 1.54 bits per heavy atom. The summed E-state index contributed by atoms with van der Waals surface area (Å²) in [7, 11) is 1.61. The fraction of sp³-hybridized carbons (Fsp3) is 0.136. The number of hydrogen-bond acceptors (Lipinski definition) is 3. The molecular weight excluding hydrogens is 397 g/mol. The number of carbonyl (C=O) groups is 1. The van der Waals surface area contributed by atoms with E-state index in [1.807, 2.05) is 54.6 Å². The predicted molar refractivity (Wildman–Crippen MR) is 111 cm³/mol. The molecule has 0 N–H and O–H groups in total. The van der Waals surface area contributed by atoms with Gasteiger partial charge in [0.2, 0.25) is 6.10 Å². The number of ether oxygens (including phenoxy) is 2. The summed E-state index contributed by atoms with van der Waals surface area (Å²) in [5, 5.41) is 0.822. The Bertz CT molecular complexity index is 992. The standard InChI is InChI=1S/C22H17Cl2NO3/c1-27-16-9-7-15(8-10-16)25-20(14-5-3-2-4-6-14)21(22(25)26)28-17-11-12-18(23)19(24)13-17/h2-13,20-21H,1H3/t20-,21+/m1/s1. The van der Waals surface area contributed by atoms with Crippen LogP contribution in [0.5, 0.6) is 11.5 Å². The molecule has 1 aliphatic heterocycles. The van der Waals surface area contributed by atoms with E-state index < -0.39 is 6.10 Å². The normalized spacial score (nSPS) is 18.5. The molecule has 3 aromatic carbocycles. The third-order valence-corrected chi connectivity index (χ3v) is 5.43. The minimum atomic E-state index is -0.651. The Hall–Kier alpha value is -2.69. The van der Waals surface area contributed by atoms with Crippen molar-refractivity contribution in [2.24, 2.45) is 0 Å². The molecule has 4 rings (SSSR count). The topological polar surface area (TPSA) is 38.8 Å². The highest BCUT2D eigenvalue weighted by Crippen LogP contribution is 2.42. The first-order valence-electron chi connectivity index (χ1n) is 8.72. The molecule has 2 atom stereocenters. The molecule has 1 heterocycles. The molecule has 0 aliphatic carbocycles. The highest BCUT2D eigenvalue weighted by Gasteiger charge is 2.51. The van der Waals surface area contributed by atoms with Gasteiger partial charge in [0.1, 0.15) is 17.5 Å². The number of halogens is 2. The quantitative estimate of drug-likeness (QED) is 0.515. The number of benzene rings is 3. The van der Waals surface area contributed by atoms with Gasteiger partial charge in [0.15, 0.2) is 0 Å². The van der Waals surface area contributed by atoms with Gasteiger partial charge in [-0.2, -0.15) is 0 Å². The van der Waals surface area contributed by atoms with Crippen molar-refractivity contribution in [1.29, 1.82) is 0 Å². The summed E-state index contributed by atoms with van der Waals surface area (Å²) >= 11 is 12.1. The fourth-order valence-electron chi connectivity index (χ4n) is 3.28. The van der Waals surface area contributed by atoms with Crippen molar-refractivity contribution in [2.45, 2.75) is 12.1 Å². The van der Waals surface area contributed by atoms with Crippen molar-refractivity contribution in [3.63, 3.8) is 0 Å². The maximum absolute atomic E-state index is 13.0. The van der Waals surface area contributed by atoms with Crippen LogP contribution in [-0.4, -0.2) is 19.1 Å². The molecule has 0 spiro atoms. The molecule has 28 heavy (non-hydrogen) atoms. The van der Waals surface area contributed by atoms with Gasteiger partial charge >= 0.3 is 0 Å². The number of anilines is 1. The van der Waals surface area contributed by atoms with Crippen molar-refractivity contribution >= 4 is 34.8 Å². The second-order valence-electron chi connectivity index (χ2n) is 6.38. The molecule has 142 valence electrons. The summed E-state index contributed by atoms with van der Waals surface area (Å²) in [5.41, 5.74) is 1.77. The van der Waals surface area contributed by atoms with Crippen molar-refractivity contribution in [3.05, 3.63) is 88.4 Å². The third kappa shape index (κ3) is 3.41. The van der Waals surface area contributed by atoms with Gasteiger partial charge in [-0.05, 0) is 42.0 Å². The van der Waals surface area contributed by atoms with Gasteiger partial charge in [-0.1, -0.05) is 53.5 Å². The summed E-state index contributed by atoms with van der Waals surface area (Å²) in [4.78, 5) is 14.7. The van der Waals surface area contributed by atoms with E-state index in [2.05, 4.69) is 0 Å². The lowest BCUT2D eigenvalue weighted by molar-refractivity contribution is -0.135. The number of amides is 1. The Balaban J connectivity index is 1.66. The van der Waals surface area contributed by atoms with Crippen LogP contribution in [0, 0.1) is 0 Å². The van der Waals surface area contributed by atoms with Crippen molar-refractivity contribution < 1.29 is 14.3 Å². The molecule has 4 nitrogen and oxygen atoms in total. The highest BCUT2D eigenvalue weighted by atomic mass is 35.5. The largest absolute Gasteiger partial charge is 0.497 e. The lowest BCUT2D eigenvalue weighted by Crippen LogP contribution is -2.61. The lowest BCUT2D eigenvalue weighted by Gasteiger charge is -2.46. The van der Waals surface area contributed by atoms with E-state index in [9.17, 15) is 4.79 Å². The Morgan fingerprint density at radius 1 is 0.857 bits per heavy atom. The van der Waals surface area contributed by atoms with Crippen LogP contribution in [0.1, 0.15) is 11.6 Å².